The molecule has 2 rings (SSSR count). The predicted molar refractivity (Wildman–Crippen MR) is 75.5 cm³/mol. The number of benzene rings is 1. The maximum Gasteiger partial charge on any atom is 0.250 e. The zero-order valence-electron chi connectivity index (χ0n) is 10.6. The van der Waals surface area contributed by atoms with E-state index in [0.29, 0.717) is 0 Å². The van der Waals surface area contributed by atoms with Gasteiger partial charge in [0.1, 0.15) is 5.75 Å². The van der Waals surface area contributed by atoms with E-state index in [4.69, 9.17) is 4.74 Å². The van der Waals surface area contributed by atoms with Crippen molar-refractivity contribution < 1.29 is 4.74 Å². The number of ether oxygens (including phenoxy) is 1. The van der Waals surface area contributed by atoms with Gasteiger partial charge in [-0.1, -0.05) is 0 Å². The highest BCUT2D eigenvalue weighted by molar-refractivity contribution is 7.98. The van der Waals surface area contributed by atoms with E-state index in [1.807, 2.05) is 30.7 Å². The van der Waals surface area contributed by atoms with Crippen molar-refractivity contribution >= 4 is 11.8 Å². The average Bonchev–Trinajstić information content (AvgIpc) is 2.41. The standard InChI is InChI=1S/C14H15NO2S/c1-15-9-10(4-7-14(15)16)12-8-11(18-3)5-6-13(12)17-2/h4-9H,1-3H3. The van der Waals surface area contributed by atoms with Gasteiger partial charge in [-0.25, -0.2) is 0 Å². The van der Waals surface area contributed by atoms with Gasteiger partial charge in [-0.3, -0.25) is 4.79 Å². The monoisotopic (exact) mass is 261 g/mol. The van der Waals surface area contributed by atoms with Crippen LogP contribution in [-0.4, -0.2) is 17.9 Å². The number of methoxy groups -OCH3 is 1. The first-order valence-electron chi connectivity index (χ1n) is 5.55. The average molecular weight is 261 g/mol. The first-order chi connectivity index (χ1) is 8.65. The Kier molecular flexibility index (Phi) is 3.77. The molecule has 4 heteroatoms. The van der Waals surface area contributed by atoms with Crippen molar-refractivity contribution in [1.29, 1.82) is 0 Å². The molecule has 0 aliphatic heterocycles. The Hall–Kier alpha value is -1.68. The Balaban J connectivity index is 2.60. The van der Waals surface area contributed by atoms with Crippen LogP contribution >= 0.6 is 11.8 Å². The van der Waals surface area contributed by atoms with Crippen molar-refractivity contribution in [2.75, 3.05) is 13.4 Å². The van der Waals surface area contributed by atoms with Gasteiger partial charge >= 0.3 is 0 Å². The summed E-state index contributed by atoms with van der Waals surface area (Å²) in [6, 6.07) is 9.44. The van der Waals surface area contributed by atoms with Crippen LogP contribution in [0.25, 0.3) is 11.1 Å². The molecule has 0 saturated carbocycles. The summed E-state index contributed by atoms with van der Waals surface area (Å²) in [5.74, 6) is 0.812. The summed E-state index contributed by atoms with van der Waals surface area (Å²) in [6.07, 6.45) is 3.86. The lowest BCUT2D eigenvalue weighted by Gasteiger charge is -2.11. The Morgan fingerprint density at radius 3 is 2.61 bits per heavy atom. The van der Waals surface area contributed by atoms with Gasteiger partial charge in [-0.2, -0.15) is 0 Å². The molecule has 1 aromatic carbocycles. The number of thioether (sulfide) groups is 1. The SMILES string of the molecule is COc1ccc(SC)cc1-c1ccc(=O)n(C)c1. The molecule has 0 aliphatic rings. The normalized spacial score (nSPS) is 10.4. The minimum absolute atomic E-state index is 0.0151. The van der Waals surface area contributed by atoms with Crippen LogP contribution in [0.5, 0.6) is 5.75 Å². The molecule has 0 amide bonds. The van der Waals surface area contributed by atoms with E-state index in [1.165, 1.54) is 4.90 Å². The summed E-state index contributed by atoms with van der Waals surface area (Å²) < 4.78 is 6.94. The molecular formula is C14H15NO2S. The number of aryl methyl sites for hydroxylation is 1. The van der Waals surface area contributed by atoms with Gasteiger partial charge in [0.25, 0.3) is 0 Å². The number of nitrogens with zero attached hydrogens (tertiary/aromatic N) is 1. The number of hydrogen-bond donors (Lipinski definition) is 0. The second-order valence-electron chi connectivity index (χ2n) is 3.93. The summed E-state index contributed by atoms with van der Waals surface area (Å²) in [5, 5.41) is 0. The van der Waals surface area contributed by atoms with Gasteiger partial charge < -0.3 is 9.30 Å². The molecule has 0 atom stereocenters. The lowest BCUT2D eigenvalue weighted by atomic mass is 10.1. The molecule has 0 aliphatic carbocycles. The highest BCUT2D eigenvalue weighted by Crippen LogP contribution is 2.32. The van der Waals surface area contributed by atoms with Crippen molar-refractivity contribution in [1.82, 2.24) is 4.57 Å². The number of rotatable bonds is 3. The van der Waals surface area contributed by atoms with E-state index >= 15 is 0 Å². The topological polar surface area (TPSA) is 31.2 Å². The molecule has 18 heavy (non-hydrogen) atoms. The Labute approximate surface area is 110 Å². The molecule has 0 spiro atoms. The molecule has 3 nitrogen and oxygen atoms in total. The molecule has 1 heterocycles. The Morgan fingerprint density at radius 2 is 2.00 bits per heavy atom. The van der Waals surface area contributed by atoms with Crippen LogP contribution in [0.15, 0.2) is 46.2 Å². The van der Waals surface area contributed by atoms with Crippen molar-refractivity contribution in [3.05, 3.63) is 46.9 Å². The van der Waals surface area contributed by atoms with Crippen LogP contribution in [0.3, 0.4) is 0 Å². The lowest BCUT2D eigenvalue weighted by Crippen LogP contribution is -2.14. The first-order valence-corrected chi connectivity index (χ1v) is 6.77. The fourth-order valence-electron chi connectivity index (χ4n) is 1.79. The molecule has 0 bridgehead atoms. The number of pyridine rings is 1. The van der Waals surface area contributed by atoms with Gasteiger partial charge in [0, 0.05) is 35.3 Å². The highest BCUT2D eigenvalue weighted by Gasteiger charge is 2.07. The van der Waals surface area contributed by atoms with Gasteiger partial charge in [0.15, 0.2) is 0 Å². The lowest BCUT2D eigenvalue weighted by molar-refractivity contribution is 0.416. The van der Waals surface area contributed by atoms with Crippen LogP contribution in [0.1, 0.15) is 0 Å². The van der Waals surface area contributed by atoms with E-state index in [1.54, 1.807) is 36.6 Å². The van der Waals surface area contributed by atoms with Crippen LogP contribution in [-0.2, 0) is 7.05 Å². The van der Waals surface area contributed by atoms with Crippen LogP contribution in [0, 0.1) is 0 Å². The van der Waals surface area contributed by atoms with Crippen molar-refractivity contribution in [2.24, 2.45) is 7.05 Å². The van der Waals surface area contributed by atoms with E-state index < -0.39 is 0 Å². The third-order valence-electron chi connectivity index (χ3n) is 2.80. The van der Waals surface area contributed by atoms with E-state index in [0.717, 1.165) is 16.9 Å². The maximum atomic E-state index is 11.4. The van der Waals surface area contributed by atoms with Gasteiger partial charge in [0.05, 0.1) is 7.11 Å². The highest BCUT2D eigenvalue weighted by atomic mass is 32.2. The van der Waals surface area contributed by atoms with Gasteiger partial charge in [-0.15, -0.1) is 11.8 Å². The van der Waals surface area contributed by atoms with Crippen molar-refractivity contribution in [3.8, 4) is 16.9 Å². The van der Waals surface area contributed by atoms with Crippen LogP contribution in [0.2, 0.25) is 0 Å². The fraction of sp³-hybridized carbons (Fsp3) is 0.214. The summed E-state index contributed by atoms with van der Waals surface area (Å²) in [6.45, 7) is 0. The van der Waals surface area contributed by atoms with Gasteiger partial charge in [0.2, 0.25) is 5.56 Å². The van der Waals surface area contributed by atoms with E-state index in [9.17, 15) is 4.79 Å². The zero-order valence-corrected chi connectivity index (χ0v) is 11.5. The van der Waals surface area contributed by atoms with Gasteiger partial charge in [-0.05, 0) is 30.5 Å². The van der Waals surface area contributed by atoms with Crippen molar-refractivity contribution in [2.45, 2.75) is 4.90 Å². The Morgan fingerprint density at radius 1 is 1.22 bits per heavy atom. The quantitative estimate of drug-likeness (QED) is 0.796. The van der Waals surface area contributed by atoms with Crippen LogP contribution < -0.4 is 10.3 Å². The fourth-order valence-corrected chi connectivity index (χ4v) is 2.23. The number of aromatic nitrogens is 1. The summed E-state index contributed by atoms with van der Waals surface area (Å²) in [4.78, 5) is 12.6. The largest absolute Gasteiger partial charge is 0.496 e. The smallest absolute Gasteiger partial charge is 0.250 e. The molecule has 0 fully saturated rings. The summed E-state index contributed by atoms with van der Waals surface area (Å²) in [7, 11) is 3.40. The third kappa shape index (κ3) is 2.43. The molecule has 0 unspecified atom stereocenters. The van der Waals surface area contributed by atoms with Crippen molar-refractivity contribution in [3.63, 3.8) is 0 Å². The molecular weight excluding hydrogens is 246 g/mol. The molecule has 2 aromatic rings. The molecule has 0 radical (unpaired) electrons. The second kappa shape index (κ2) is 5.31. The summed E-state index contributed by atoms with van der Waals surface area (Å²) in [5.41, 5.74) is 1.96. The zero-order chi connectivity index (χ0) is 13.1. The number of hydrogen-bond acceptors (Lipinski definition) is 3. The van der Waals surface area contributed by atoms with E-state index in [2.05, 4.69) is 6.07 Å². The minimum atomic E-state index is -0.0151. The predicted octanol–water partition coefficient (Wildman–Crippen LogP) is 2.78. The maximum absolute atomic E-state index is 11.4. The molecule has 94 valence electrons. The third-order valence-corrected chi connectivity index (χ3v) is 3.53. The molecule has 0 saturated heterocycles. The first kappa shape index (κ1) is 12.8. The minimum Gasteiger partial charge on any atom is -0.496 e. The summed E-state index contributed by atoms with van der Waals surface area (Å²) >= 11 is 1.68. The second-order valence-corrected chi connectivity index (χ2v) is 4.81. The van der Waals surface area contributed by atoms with E-state index in [-0.39, 0.29) is 5.56 Å². The molecule has 0 N–H and O–H groups in total. The van der Waals surface area contributed by atoms with Crippen LogP contribution in [0.4, 0.5) is 0 Å². The Bertz CT molecular complexity index is 619. The molecule has 1 aromatic heterocycles.